The summed E-state index contributed by atoms with van der Waals surface area (Å²) in [7, 11) is 0. The lowest BCUT2D eigenvalue weighted by atomic mass is 9.97. The Labute approximate surface area is 131 Å². The quantitative estimate of drug-likeness (QED) is 0.928. The minimum atomic E-state index is 0. The van der Waals surface area contributed by atoms with Crippen molar-refractivity contribution in [2.45, 2.75) is 38.6 Å². The number of rotatable bonds is 3. The average Bonchev–Trinajstić information content (AvgIpc) is 2.39. The molecular weight excluding hydrogens is 295 g/mol. The molecular formula is C15H22Cl2N2O. The van der Waals surface area contributed by atoms with Gasteiger partial charge in [-0.05, 0) is 62.9 Å². The van der Waals surface area contributed by atoms with E-state index in [0.717, 1.165) is 36.9 Å². The molecule has 0 aromatic heterocycles. The summed E-state index contributed by atoms with van der Waals surface area (Å²) < 4.78 is 0. The van der Waals surface area contributed by atoms with Crippen LogP contribution in [-0.2, 0) is 0 Å². The first-order valence-electron chi connectivity index (χ1n) is 6.90. The van der Waals surface area contributed by atoms with Gasteiger partial charge in [-0.1, -0.05) is 11.6 Å². The molecule has 2 rings (SSSR count). The highest BCUT2D eigenvalue weighted by atomic mass is 35.5. The van der Waals surface area contributed by atoms with Gasteiger partial charge in [-0.15, -0.1) is 12.4 Å². The molecule has 1 saturated heterocycles. The van der Waals surface area contributed by atoms with Crippen LogP contribution in [0.25, 0.3) is 0 Å². The van der Waals surface area contributed by atoms with E-state index >= 15 is 0 Å². The number of carbonyl (C=O) groups excluding carboxylic acids is 1. The SMILES string of the molecule is Cc1cc(Cl)ccc1C(=O)N1CCCCC1CCN.Cl. The van der Waals surface area contributed by atoms with Gasteiger partial charge < -0.3 is 10.6 Å². The third-order valence-electron chi connectivity index (χ3n) is 3.81. The third kappa shape index (κ3) is 3.87. The van der Waals surface area contributed by atoms with E-state index in [1.54, 1.807) is 6.07 Å². The van der Waals surface area contributed by atoms with Gasteiger partial charge in [0.25, 0.3) is 5.91 Å². The molecule has 3 nitrogen and oxygen atoms in total. The molecule has 0 aliphatic carbocycles. The van der Waals surface area contributed by atoms with Crippen molar-refractivity contribution in [3.63, 3.8) is 0 Å². The van der Waals surface area contributed by atoms with Crippen LogP contribution in [0.4, 0.5) is 0 Å². The molecule has 2 N–H and O–H groups in total. The number of amides is 1. The lowest BCUT2D eigenvalue weighted by Crippen LogP contribution is -2.44. The van der Waals surface area contributed by atoms with E-state index in [1.165, 1.54) is 6.42 Å². The molecule has 1 unspecified atom stereocenters. The number of halogens is 2. The first-order chi connectivity index (χ1) is 9.13. The van der Waals surface area contributed by atoms with Gasteiger partial charge >= 0.3 is 0 Å². The van der Waals surface area contributed by atoms with Gasteiger partial charge in [-0.3, -0.25) is 4.79 Å². The Morgan fingerprint density at radius 3 is 2.85 bits per heavy atom. The normalized spacial score (nSPS) is 18.6. The van der Waals surface area contributed by atoms with Gasteiger partial charge in [0.05, 0.1) is 0 Å². The maximum absolute atomic E-state index is 12.7. The molecule has 1 aromatic rings. The predicted octanol–water partition coefficient (Wildman–Crippen LogP) is 3.41. The van der Waals surface area contributed by atoms with Crippen LogP contribution < -0.4 is 5.73 Å². The summed E-state index contributed by atoms with van der Waals surface area (Å²) in [6, 6.07) is 5.75. The molecule has 1 fully saturated rings. The van der Waals surface area contributed by atoms with Gasteiger partial charge in [0, 0.05) is 23.2 Å². The van der Waals surface area contributed by atoms with E-state index in [9.17, 15) is 4.79 Å². The van der Waals surface area contributed by atoms with Gasteiger partial charge in [-0.2, -0.15) is 0 Å². The monoisotopic (exact) mass is 316 g/mol. The lowest BCUT2D eigenvalue weighted by molar-refractivity contribution is 0.0604. The Morgan fingerprint density at radius 1 is 1.45 bits per heavy atom. The van der Waals surface area contributed by atoms with Crippen LogP contribution in [0, 0.1) is 6.92 Å². The summed E-state index contributed by atoms with van der Waals surface area (Å²) in [4.78, 5) is 14.7. The largest absolute Gasteiger partial charge is 0.336 e. The Balaban J connectivity index is 0.00000200. The molecule has 1 atom stereocenters. The number of nitrogens with two attached hydrogens (primary N) is 1. The van der Waals surface area contributed by atoms with Crippen molar-refractivity contribution in [3.8, 4) is 0 Å². The zero-order chi connectivity index (χ0) is 13.8. The molecule has 1 heterocycles. The molecule has 5 heteroatoms. The van der Waals surface area contributed by atoms with Crippen molar-refractivity contribution in [1.29, 1.82) is 0 Å². The first kappa shape index (κ1) is 17.3. The van der Waals surface area contributed by atoms with Crippen LogP contribution in [0.15, 0.2) is 18.2 Å². The van der Waals surface area contributed by atoms with Gasteiger partial charge in [0.2, 0.25) is 0 Å². The van der Waals surface area contributed by atoms with E-state index in [-0.39, 0.29) is 18.3 Å². The van der Waals surface area contributed by atoms with Crippen molar-refractivity contribution in [2.75, 3.05) is 13.1 Å². The first-order valence-corrected chi connectivity index (χ1v) is 7.28. The van der Waals surface area contributed by atoms with E-state index in [2.05, 4.69) is 0 Å². The van der Waals surface area contributed by atoms with Gasteiger partial charge in [0.15, 0.2) is 0 Å². The number of hydrogen-bond donors (Lipinski definition) is 1. The Morgan fingerprint density at radius 2 is 2.20 bits per heavy atom. The molecule has 112 valence electrons. The van der Waals surface area contributed by atoms with E-state index < -0.39 is 0 Å². The number of carbonyl (C=O) groups is 1. The molecule has 1 amide bonds. The number of piperidine rings is 1. The molecule has 0 bridgehead atoms. The molecule has 1 aliphatic rings. The highest BCUT2D eigenvalue weighted by molar-refractivity contribution is 6.30. The summed E-state index contributed by atoms with van der Waals surface area (Å²) in [5.74, 6) is 0.118. The molecule has 20 heavy (non-hydrogen) atoms. The minimum absolute atomic E-state index is 0. The van der Waals surface area contributed by atoms with Gasteiger partial charge in [0.1, 0.15) is 0 Å². The average molecular weight is 317 g/mol. The zero-order valence-electron chi connectivity index (χ0n) is 11.8. The lowest BCUT2D eigenvalue weighted by Gasteiger charge is -2.36. The molecule has 0 saturated carbocycles. The van der Waals surface area contributed by atoms with Crippen molar-refractivity contribution in [2.24, 2.45) is 5.73 Å². The highest BCUT2D eigenvalue weighted by Gasteiger charge is 2.27. The predicted molar refractivity (Wildman–Crippen MR) is 85.8 cm³/mol. The van der Waals surface area contributed by atoms with E-state index in [0.29, 0.717) is 17.6 Å². The molecule has 0 spiro atoms. The van der Waals surface area contributed by atoms with Crippen molar-refractivity contribution in [1.82, 2.24) is 4.90 Å². The highest BCUT2D eigenvalue weighted by Crippen LogP contribution is 2.24. The van der Waals surface area contributed by atoms with E-state index in [4.69, 9.17) is 17.3 Å². The Bertz CT molecular complexity index is 463. The fraction of sp³-hybridized carbons (Fsp3) is 0.533. The molecule has 1 aliphatic heterocycles. The van der Waals surface area contributed by atoms with E-state index in [1.807, 2.05) is 24.0 Å². The summed E-state index contributed by atoms with van der Waals surface area (Å²) in [6.07, 6.45) is 4.22. The second-order valence-corrected chi connectivity index (χ2v) is 5.62. The second-order valence-electron chi connectivity index (χ2n) is 5.18. The van der Waals surface area contributed by atoms with Crippen LogP contribution in [0.2, 0.25) is 5.02 Å². The summed E-state index contributed by atoms with van der Waals surface area (Å²) in [5.41, 5.74) is 7.35. The summed E-state index contributed by atoms with van der Waals surface area (Å²) >= 11 is 5.94. The third-order valence-corrected chi connectivity index (χ3v) is 4.04. The van der Waals surface area contributed by atoms with Crippen LogP contribution >= 0.6 is 24.0 Å². The zero-order valence-corrected chi connectivity index (χ0v) is 13.3. The molecule has 0 radical (unpaired) electrons. The number of hydrogen-bond acceptors (Lipinski definition) is 2. The second kappa shape index (κ2) is 7.87. The number of likely N-dealkylation sites (tertiary alicyclic amines) is 1. The smallest absolute Gasteiger partial charge is 0.254 e. The summed E-state index contributed by atoms with van der Waals surface area (Å²) in [6.45, 7) is 3.40. The van der Waals surface area contributed by atoms with Crippen LogP contribution in [0.1, 0.15) is 41.6 Å². The van der Waals surface area contributed by atoms with Crippen molar-refractivity contribution in [3.05, 3.63) is 34.3 Å². The Kier molecular flexibility index (Phi) is 6.80. The van der Waals surface area contributed by atoms with Crippen molar-refractivity contribution < 1.29 is 4.79 Å². The van der Waals surface area contributed by atoms with Crippen LogP contribution in [0.5, 0.6) is 0 Å². The standard InChI is InChI=1S/C15H21ClN2O.ClH/c1-11-10-12(16)5-6-14(11)15(19)18-9-3-2-4-13(18)7-8-17;/h5-6,10,13H,2-4,7-9,17H2,1H3;1H. The van der Waals surface area contributed by atoms with Crippen LogP contribution in [0.3, 0.4) is 0 Å². The number of nitrogens with zero attached hydrogens (tertiary/aromatic N) is 1. The van der Waals surface area contributed by atoms with Gasteiger partial charge in [-0.25, -0.2) is 0 Å². The topological polar surface area (TPSA) is 46.3 Å². The maximum Gasteiger partial charge on any atom is 0.254 e. The maximum atomic E-state index is 12.7. The fourth-order valence-corrected chi connectivity index (χ4v) is 3.01. The van der Waals surface area contributed by atoms with Crippen molar-refractivity contribution >= 4 is 29.9 Å². The Hall–Kier alpha value is -0.770. The number of aryl methyl sites for hydroxylation is 1. The number of benzene rings is 1. The van der Waals surface area contributed by atoms with Crippen LogP contribution in [-0.4, -0.2) is 29.9 Å². The molecule has 1 aromatic carbocycles. The fourth-order valence-electron chi connectivity index (χ4n) is 2.78. The summed E-state index contributed by atoms with van der Waals surface area (Å²) in [5, 5.41) is 0.672. The minimum Gasteiger partial charge on any atom is -0.336 e.